The van der Waals surface area contributed by atoms with Gasteiger partial charge in [0.2, 0.25) is 5.91 Å². The molecule has 1 N–H and O–H groups in total. The Balaban J connectivity index is 1.53. The highest BCUT2D eigenvalue weighted by molar-refractivity contribution is 5.98. The molecular weight excluding hydrogens is 474 g/mol. The van der Waals surface area contributed by atoms with Crippen molar-refractivity contribution in [1.29, 1.82) is 0 Å². The molecule has 1 saturated heterocycles. The molecule has 2 fully saturated rings. The van der Waals surface area contributed by atoms with E-state index >= 15 is 0 Å². The van der Waals surface area contributed by atoms with Gasteiger partial charge in [0.05, 0.1) is 11.6 Å². The molecule has 0 unspecified atom stereocenters. The van der Waals surface area contributed by atoms with Crippen LogP contribution in [0.5, 0.6) is 0 Å². The molecule has 1 heterocycles. The van der Waals surface area contributed by atoms with Crippen molar-refractivity contribution in [2.75, 3.05) is 6.54 Å². The number of nitrogens with zero attached hydrogens (tertiary/aromatic N) is 1. The minimum atomic E-state index is -4.61. The Kier molecular flexibility index (Phi) is 6.59. The van der Waals surface area contributed by atoms with E-state index in [1.54, 1.807) is 0 Å². The van der Waals surface area contributed by atoms with Crippen LogP contribution in [0.4, 0.5) is 26.3 Å². The van der Waals surface area contributed by atoms with Gasteiger partial charge in [-0.15, -0.1) is 0 Å². The third-order valence-electron chi connectivity index (χ3n) is 6.49. The van der Waals surface area contributed by atoms with Crippen LogP contribution < -0.4 is 5.32 Å². The van der Waals surface area contributed by atoms with Crippen molar-refractivity contribution in [1.82, 2.24) is 10.2 Å². The topological polar surface area (TPSA) is 49.4 Å². The van der Waals surface area contributed by atoms with Gasteiger partial charge < -0.3 is 10.2 Å². The predicted octanol–water partition coefficient (Wildman–Crippen LogP) is 5.83. The highest BCUT2D eigenvalue weighted by atomic mass is 19.4. The van der Waals surface area contributed by atoms with Crippen LogP contribution in [0.15, 0.2) is 42.5 Å². The number of carbonyl (C=O) groups excluding carboxylic acids is 2. The number of hydrogen-bond donors (Lipinski definition) is 1. The van der Waals surface area contributed by atoms with Gasteiger partial charge in [-0.2, -0.15) is 13.2 Å². The van der Waals surface area contributed by atoms with Crippen LogP contribution in [0.1, 0.15) is 65.7 Å². The first-order valence-electron chi connectivity index (χ1n) is 11.3. The minimum absolute atomic E-state index is 0.0736. The summed E-state index contributed by atoms with van der Waals surface area (Å²) in [6.07, 6.45) is -2.40. The summed E-state index contributed by atoms with van der Waals surface area (Å²) < 4.78 is 81.1. The molecule has 0 bridgehead atoms. The molecule has 1 saturated carbocycles. The van der Waals surface area contributed by atoms with Gasteiger partial charge in [-0.25, -0.2) is 13.2 Å². The first kappa shape index (κ1) is 25.1. The number of rotatable bonds is 6. The smallest absolute Gasteiger partial charge is 0.347 e. The standard InChI is InChI=1S/C25H24F6N2O2/c1-24(27,28)16-9-10-18(19(26)13-16)21(14-7-8-14)32-22(34)20-6-3-11-33(20)23(35)15-4-2-5-17(12-15)25(29,30)31/h2,4-5,9-10,12-14,20-21H,3,6-8,11H2,1H3,(H,32,34)/t20-,21-/m1/s1. The van der Waals surface area contributed by atoms with Crippen LogP contribution in [0.3, 0.4) is 0 Å². The van der Waals surface area contributed by atoms with Crippen LogP contribution in [-0.4, -0.2) is 29.3 Å². The molecule has 4 rings (SSSR count). The molecule has 35 heavy (non-hydrogen) atoms. The number of alkyl halides is 5. The molecule has 1 aliphatic heterocycles. The van der Waals surface area contributed by atoms with Gasteiger partial charge in [0.1, 0.15) is 11.9 Å². The Morgan fingerprint density at radius 1 is 1.00 bits per heavy atom. The average molecular weight is 498 g/mol. The lowest BCUT2D eigenvalue weighted by molar-refractivity contribution is -0.137. The fourth-order valence-electron chi connectivity index (χ4n) is 4.46. The normalized spacial score (nSPS) is 19.5. The lowest BCUT2D eigenvalue weighted by atomic mass is 9.98. The van der Waals surface area contributed by atoms with Gasteiger partial charge in [-0.05, 0) is 55.9 Å². The Hall–Kier alpha value is -3.04. The summed E-state index contributed by atoms with van der Waals surface area (Å²) in [5.74, 6) is -5.40. The molecule has 4 nitrogen and oxygen atoms in total. The van der Waals surface area contributed by atoms with Gasteiger partial charge in [0, 0.05) is 30.2 Å². The molecule has 1 aliphatic carbocycles. The summed E-state index contributed by atoms with van der Waals surface area (Å²) in [6, 6.07) is 5.45. The van der Waals surface area contributed by atoms with E-state index in [1.165, 1.54) is 17.0 Å². The van der Waals surface area contributed by atoms with E-state index in [-0.39, 0.29) is 23.6 Å². The third kappa shape index (κ3) is 5.46. The molecule has 188 valence electrons. The van der Waals surface area contributed by atoms with Crippen molar-refractivity contribution in [3.8, 4) is 0 Å². The summed E-state index contributed by atoms with van der Waals surface area (Å²) in [4.78, 5) is 27.3. The maximum absolute atomic E-state index is 14.8. The van der Waals surface area contributed by atoms with Crippen molar-refractivity contribution < 1.29 is 35.9 Å². The zero-order chi connectivity index (χ0) is 25.5. The average Bonchev–Trinajstić information content (AvgIpc) is 3.51. The lowest BCUT2D eigenvalue weighted by Crippen LogP contribution is -2.47. The number of nitrogens with one attached hydrogen (secondary N) is 1. The second kappa shape index (κ2) is 9.20. The zero-order valence-electron chi connectivity index (χ0n) is 18.8. The van der Waals surface area contributed by atoms with Crippen molar-refractivity contribution in [3.63, 3.8) is 0 Å². The number of amides is 2. The SMILES string of the molecule is CC(F)(F)c1ccc([C@H](NC(=O)[C@H]2CCCN2C(=O)c2cccc(C(F)(F)F)c2)C2CC2)c(F)c1. The minimum Gasteiger partial charge on any atom is -0.347 e. The van der Waals surface area contributed by atoms with Crippen molar-refractivity contribution >= 4 is 11.8 Å². The molecule has 2 amide bonds. The summed E-state index contributed by atoms with van der Waals surface area (Å²) in [5, 5.41) is 2.77. The van der Waals surface area contributed by atoms with Crippen LogP contribution in [0.2, 0.25) is 0 Å². The number of carbonyl (C=O) groups is 2. The number of halogens is 6. The van der Waals surface area contributed by atoms with Gasteiger partial charge in [0.15, 0.2) is 0 Å². The second-order valence-electron chi connectivity index (χ2n) is 9.18. The van der Waals surface area contributed by atoms with Crippen LogP contribution in [0, 0.1) is 11.7 Å². The lowest BCUT2D eigenvalue weighted by Gasteiger charge is -2.27. The maximum Gasteiger partial charge on any atom is 0.416 e. The Morgan fingerprint density at radius 2 is 1.71 bits per heavy atom. The van der Waals surface area contributed by atoms with Crippen LogP contribution in [-0.2, 0) is 16.9 Å². The van der Waals surface area contributed by atoms with E-state index in [1.807, 2.05) is 0 Å². The second-order valence-corrected chi connectivity index (χ2v) is 9.18. The van der Waals surface area contributed by atoms with E-state index in [4.69, 9.17) is 0 Å². The molecular formula is C25H24F6N2O2. The van der Waals surface area contributed by atoms with E-state index < -0.39 is 52.9 Å². The largest absolute Gasteiger partial charge is 0.416 e. The van der Waals surface area contributed by atoms with Gasteiger partial charge >= 0.3 is 6.18 Å². The highest BCUT2D eigenvalue weighted by Gasteiger charge is 2.40. The number of hydrogen-bond acceptors (Lipinski definition) is 2. The molecule has 2 aromatic carbocycles. The Labute approximate surface area is 198 Å². The van der Waals surface area contributed by atoms with Gasteiger partial charge in [-0.3, -0.25) is 9.59 Å². The maximum atomic E-state index is 14.8. The summed E-state index contributed by atoms with van der Waals surface area (Å²) in [7, 11) is 0. The van der Waals surface area contributed by atoms with Crippen molar-refractivity contribution in [2.45, 2.75) is 56.8 Å². The van der Waals surface area contributed by atoms with Crippen LogP contribution >= 0.6 is 0 Å². The quantitative estimate of drug-likeness (QED) is 0.510. The number of likely N-dealkylation sites (tertiary alicyclic amines) is 1. The Bertz CT molecular complexity index is 1120. The molecule has 0 radical (unpaired) electrons. The van der Waals surface area contributed by atoms with E-state index in [2.05, 4.69) is 5.32 Å². The zero-order valence-corrected chi connectivity index (χ0v) is 18.8. The third-order valence-corrected chi connectivity index (χ3v) is 6.49. The first-order chi connectivity index (χ1) is 16.4. The molecule has 0 aromatic heterocycles. The van der Waals surface area contributed by atoms with Crippen LogP contribution in [0.25, 0.3) is 0 Å². The number of benzene rings is 2. The van der Waals surface area contributed by atoms with E-state index in [0.29, 0.717) is 32.6 Å². The van der Waals surface area contributed by atoms with E-state index in [9.17, 15) is 35.9 Å². The van der Waals surface area contributed by atoms with Crippen molar-refractivity contribution in [3.05, 3.63) is 70.5 Å². The monoisotopic (exact) mass is 498 g/mol. The summed E-state index contributed by atoms with van der Waals surface area (Å²) in [6.45, 7) is 0.855. The molecule has 2 atom stereocenters. The summed E-state index contributed by atoms with van der Waals surface area (Å²) in [5.41, 5.74) is -1.54. The van der Waals surface area contributed by atoms with Gasteiger partial charge in [-0.1, -0.05) is 18.2 Å². The highest BCUT2D eigenvalue weighted by Crippen LogP contribution is 2.43. The van der Waals surface area contributed by atoms with Crippen molar-refractivity contribution in [2.24, 2.45) is 5.92 Å². The van der Waals surface area contributed by atoms with E-state index in [0.717, 1.165) is 30.3 Å². The predicted molar refractivity (Wildman–Crippen MR) is 115 cm³/mol. The fourth-order valence-corrected chi connectivity index (χ4v) is 4.46. The molecule has 2 aromatic rings. The first-order valence-corrected chi connectivity index (χ1v) is 11.3. The summed E-state index contributed by atoms with van der Waals surface area (Å²) >= 11 is 0. The molecule has 10 heteroatoms. The molecule has 2 aliphatic rings. The fraction of sp³-hybridized carbons (Fsp3) is 0.440. The molecule has 0 spiro atoms. The van der Waals surface area contributed by atoms with Gasteiger partial charge in [0.25, 0.3) is 11.8 Å². The Morgan fingerprint density at radius 3 is 2.31 bits per heavy atom.